The maximum Gasteiger partial charge on any atom is 0.338 e. The first kappa shape index (κ1) is 15.5. The highest BCUT2D eigenvalue weighted by atomic mass is 32.2. The third-order valence-corrected chi connectivity index (χ3v) is 5.48. The van der Waals surface area contributed by atoms with Gasteiger partial charge in [-0.3, -0.25) is 4.72 Å². The molecular weight excluding hydrogens is 310 g/mol. The molecule has 112 valence electrons. The first-order chi connectivity index (χ1) is 9.92. The molecule has 1 heterocycles. The van der Waals surface area contributed by atoms with Crippen molar-refractivity contribution in [1.29, 1.82) is 0 Å². The molecule has 0 fully saturated rings. The minimum absolute atomic E-state index is 0.238. The van der Waals surface area contributed by atoms with E-state index in [1.165, 1.54) is 17.4 Å². The average Bonchev–Trinajstić information content (AvgIpc) is 2.86. The van der Waals surface area contributed by atoms with Crippen molar-refractivity contribution in [2.24, 2.45) is 0 Å². The Morgan fingerprint density at radius 2 is 2.05 bits per heavy atom. The van der Waals surface area contributed by atoms with Crippen LogP contribution in [0.5, 0.6) is 0 Å². The second kappa shape index (κ2) is 6.28. The van der Waals surface area contributed by atoms with Gasteiger partial charge in [0.15, 0.2) is 0 Å². The molecule has 0 aliphatic carbocycles. The van der Waals surface area contributed by atoms with Crippen LogP contribution in [-0.4, -0.2) is 21.0 Å². The van der Waals surface area contributed by atoms with Gasteiger partial charge in [0.05, 0.1) is 12.2 Å². The van der Waals surface area contributed by atoms with Crippen molar-refractivity contribution in [3.8, 4) is 0 Å². The summed E-state index contributed by atoms with van der Waals surface area (Å²) in [5, 5.41) is 0. The van der Waals surface area contributed by atoms with Crippen LogP contribution in [0.3, 0.4) is 0 Å². The number of rotatable bonds is 5. The van der Waals surface area contributed by atoms with Crippen LogP contribution in [0.15, 0.2) is 40.6 Å². The van der Waals surface area contributed by atoms with Crippen LogP contribution in [0.2, 0.25) is 0 Å². The van der Waals surface area contributed by atoms with E-state index in [2.05, 4.69) is 4.72 Å². The molecule has 2 aromatic rings. The van der Waals surface area contributed by atoms with E-state index in [9.17, 15) is 13.2 Å². The van der Waals surface area contributed by atoms with E-state index in [4.69, 9.17) is 4.74 Å². The molecule has 0 bridgehead atoms. The Balaban J connectivity index is 2.24. The maximum absolute atomic E-state index is 12.2. The molecule has 0 aliphatic heterocycles. The highest BCUT2D eigenvalue weighted by Gasteiger charge is 2.17. The molecule has 0 amide bonds. The molecule has 0 saturated heterocycles. The largest absolute Gasteiger partial charge is 0.462 e. The highest BCUT2D eigenvalue weighted by molar-refractivity contribution is 7.94. The zero-order valence-electron chi connectivity index (χ0n) is 11.6. The van der Waals surface area contributed by atoms with E-state index in [-0.39, 0.29) is 10.8 Å². The van der Waals surface area contributed by atoms with Gasteiger partial charge in [0, 0.05) is 10.6 Å². The Morgan fingerprint density at radius 3 is 2.67 bits per heavy atom. The SMILES string of the molecule is CCOC(=O)c1cccc(NS(=O)(=O)c2ccc(C)s2)c1. The zero-order chi connectivity index (χ0) is 15.5. The summed E-state index contributed by atoms with van der Waals surface area (Å²) in [5.41, 5.74) is 0.631. The predicted octanol–water partition coefficient (Wildman–Crippen LogP) is 3.03. The highest BCUT2D eigenvalue weighted by Crippen LogP contribution is 2.23. The number of esters is 1. The van der Waals surface area contributed by atoms with Crippen LogP contribution in [-0.2, 0) is 14.8 Å². The third kappa shape index (κ3) is 3.83. The van der Waals surface area contributed by atoms with Gasteiger partial charge in [-0.2, -0.15) is 0 Å². The van der Waals surface area contributed by atoms with Crippen molar-refractivity contribution in [1.82, 2.24) is 0 Å². The molecule has 5 nitrogen and oxygen atoms in total. The van der Waals surface area contributed by atoms with E-state index in [1.807, 2.05) is 6.92 Å². The number of carbonyl (C=O) groups excluding carboxylic acids is 1. The Hall–Kier alpha value is -1.86. The number of anilines is 1. The quantitative estimate of drug-likeness (QED) is 0.858. The fourth-order valence-corrected chi connectivity index (χ4v) is 4.02. The van der Waals surface area contributed by atoms with Gasteiger partial charge in [0.2, 0.25) is 0 Å². The van der Waals surface area contributed by atoms with Crippen molar-refractivity contribution in [3.63, 3.8) is 0 Å². The molecule has 21 heavy (non-hydrogen) atoms. The molecule has 1 aromatic heterocycles. The van der Waals surface area contributed by atoms with Crippen LogP contribution in [0, 0.1) is 6.92 Å². The van der Waals surface area contributed by atoms with E-state index in [0.717, 1.165) is 4.88 Å². The summed E-state index contributed by atoms with van der Waals surface area (Å²) in [5.74, 6) is -0.481. The van der Waals surface area contributed by atoms with Crippen molar-refractivity contribution in [2.75, 3.05) is 11.3 Å². The van der Waals surface area contributed by atoms with Crippen LogP contribution >= 0.6 is 11.3 Å². The molecule has 0 saturated carbocycles. The minimum Gasteiger partial charge on any atom is -0.462 e. The predicted molar refractivity (Wildman–Crippen MR) is 82.3 cm³/mol. The number of thiophene rings is 1. The van der Waals surface area contributed by atoms with Gasteiger partial charge in [0.25, 0.3) is 10.0 Å². The molecule has 1 aromatic carbocycles. The van der Waals surface area contributed by atoms with Gasteiger partial charge in [-0.25, -0.2) is 13.2 Å². The van der Waals surface area contributed by atoms with Crippen LogP contribution < -0.4 is 4.72 Å². The molecule has 0 spiro atoms. The first-order valence-electron chi connectivity index (χ1n) is 6.29. The number of nitrogens with one attached hydrogen (secondary N) is 1. The Kier molecular flexibility index (Phi) is 4.64. The van der Waals surface area contributed by atoms with Crippen LogP contribution in [0.1, 0.15) is 22.2 Å². The number of benzene rings is 1. The van der Waals surface area contributed by atoms with Gasteiger partial charge in [-0.1, -0.05) is 6.07 Å². The fraction of sp³-hybridized carbons (Fsp3) is 0.214. The summed E-state index contributed by atoms with van der Waals surface area (Å²) < 4.78 is 32.0. The summed E-state index contributed by atoms with van der Waals surface area (Å²) in [6.45, 7) is 3.82. The molecule has 2 rings (SSSR count). The summed E-state index contributed by atoms with van der Waals surface area (Å²) in [6, 6.07) is 9.51. The van der Waals surface area contributed by atoms with Gasteiger partial charge in [-0.05, 0) is 44.2 Å². The van der Waals surface area contributed by atoms with Crippen molar-refractivity contribution < 1.29 is 17.9 Å². The van der Waals surface area contributed by atoms with Crippen molar-refractivity contribution >= 4 is 33.0 Å². The topological polar surface area (TPSA) is 72.5 Å². The summed E-state index contributed by atoms with van der Waals surface area (Å²) in [6.07, 6.45) is 0. The number of ether oxygens (including phenoxy) is 1. The number of hydrogen-bond donors (Lipinski definition) is 1. The zero-order valence-corrected chi connectivity index (χ0v) is 13.3. The van der Waals surface area contributed by atoms with Gasteiger partial charge >= 0.3 is 5.97 Å². The number of aryl methyl sites for hydroxylation is 1. The summed E-state index contributed by atoms with van der Waals surface area (Å²) >= 11 is 1.19. The van der Waals surface area contributed by atoms with Crippen LogP contribution in [0.25, 0.3) is 0 Å². The monoisotopic (exact) mass is 325 g/mol. The number of sulfonamides is 1. The van der Waals surface area contributed by atoms with Crippen molar-refractivity contribution in [3.05, 3.63) is 46.8 Å². The summed E-state index contributed by atoms with van der Waals surface area (Å²) in [7, 11) is -3.63. The second-order valence-corrected chi connectivity index (χ2v) is 7.47. The molecule has 0 aliphatic rings. The van der Waals surface area contributed by atoms with E-state index < -0.39 is 16.0 Å². The smallest absolute Gasteiger partial charge is 0.338 e. The lowest BCUT2D eigenvalue weighted by molar-refractivity contribution is 0.0526. The van der Waals surface area contributed by atoms with Gasteiger partial charge < -0.3 is 4.74 Å². The Bertz CT molecular complexity index is 750. The standard InChI is InChI=1S/C14H15NO4S2/c1-3-19-14(16)11-5-4-6-12(9-11)15-21(17,18)13-8-7-10(2)20-13/h4-9,15H,3H2,1-2H3. The van der Waals surface area contributed by atoms with E-state index in [1.54, 1.807) is 37.3 Å². The lowest BCUT2D eigenvalue weighted by Crippen LogP contribution is -2.12. The molecule has 0 unspecified atom stereocenters. The van der Waals surface area contributed by atoms with Gasteiger partial charge in [-0.15, -0.1) is 11.3 Å². The van der Waals surface area contributed by atoms with E-state index >= 15 is 0 Å². The first-order valence-corrected chi connectivity index (χ1v) is 8.59. The lowest BCUT2D eigenvalue weighted by Gasteiger charge is -2.08. The lowest BCUT2D eigenvalue weighted by atomic mass is 10.2. The third-order valence-electron chi connectivity index (χ3n) is 2.61. The molecule has 7 heteroatoms. The number of carbonyl (C=O) groups is 1. The van der Waals surface area contributed by atoms with Gasteiger partial charge in [0.1, 0.15) is 4.21 Å². The maximum atomic E-state index is 12.2. The summed E-state index contributed by atoms with van der Waals surface area (Å²) in [4.78, 5) is 12.6. The molecule has 1 N–H and O–H groups in total. The molecular formula is C14H15NO4S2. The second-order valence-electron chi connectivity index (χ2n) is 4.27. The molecule has 0 atom stereocenters. The Morgan fingerprint density at radius 1 is 1.29 bits per heavy atom. The minimum atomic E-state index is -3.63. The molecule has 0 radical (unpaired) electrons. The Labute approximate surface area is 127 Å². The normalized spacial score (nSPS) is 11.1. The number of hydrogen-bond acceptors (Lipinski definition) is 5. The van der Waals surface area contributed by atoms with E-state index in [0.29, 0.717) is 11.3 Å². The fourth-order valence-electron chi connectivity index (χ4n) is 1.69. The van der Waals surface area contributed by atoms with Crippen molar-refractivity contribution in [2.45, 2.75) is 18.1 Å². The average molecular weight is 325 g/mol. The van der Waals surface area contributed by atoms with Crippen LogP contribution in [0.4, 0.5) is 5.69 Å².